The highest BCUT2D eigenvalue weighted by atomic mass is 32.2. The van der Waals surface area contributed by atoms with E-state index in [9.17, 15) is 13.2 Å². The van der Waals surface area contributed by atoms with Crippen LogP contribution in [-0.2, 0) is 28.3 Å². The van der Waals surface area contributed by atoms with Crippen LogP contribution in [0.1, 0.15) is 23.0 Å². The molecule has 3 rings (SSSR count). The minimum absolute atomic E-state index is 0.0919. The van der Waals surface area contributed by atoms with E-state index in [1.165, 1.54) is 12.1 Å². The van der Waals surface area contributed by atoms with Crippen molar-refractivity contribution in [3.8, 4) is 6.07 Å². The number of hydrogen-bond acceptors (Lipinski definition) is 7. The van der Waals surface area contributed by atoms with E-state index in [0.29, 0.717) is 18.5 Å². The van der Waals surface area contributed by atoms with E-state index in [1.54, 1.807) is 24.0 Å². The standard InChI is InChI=1S/C14H14N6O3S/c1-20-8-11-12(18-20)4-5-16-13(11)14(21)19-24(22,23)10-3-2-9(6-15)17-7-10/h2-3,7-8,13,16H,4-5H2,1H3,(H,19,21). The van der Waals surface area contributed by atoms with Gasteiger partial charge in [-0.2, -0.15) is 10.4 Å². The second kappa shape index (κ2) is 6.03. The number of carbonyl (C=O) groups is 1. The lowest BCUT2D eigenvalue weighted by Crippen LogP contribution is -2.43. The summed E-state index contributed by atoms with van der Waals surface area (Å²) in [6, 6.07) is 3.51. The highest BCUT2D eigenvalue weighted by molar-refractivity contribution is 7.90. The van der Waals surface area contributed by atoms with E-state index >= 15 is 0 Å². The molecule has 9 nitrogen and oxygen atoms in total. The molecule has 0 aromatic carbocycles. The van der Waals surface area contributed by atoms with E-state index in [0.717, 1.165) is 11.9 Å². The molecule has 2 aromatic rings. The van der Waals surface area contributed by atoms with Gasteiger partial charge in [0.25, 0.3) is 15.9 Å². The number of sulfonamides is 1. The first-order valence-corrected chi connectivity index (χ1v) is 8.57. The predicted octanol–water partition coefficient (Wildman–Crippen LogP) is -0.621. The van der Waals surface area contributed by atoms with Crippen LogP contribution in [0.25, 0.3) is 0 Å². The second-order valence-electron chi connectivity index (χ2n) is 5.30. The highest BCUT2D eigenvalue weighted by Crippen LogP contribution is 2.22. The number of nitriles is 1. The van der Waals surface area contributed by atoms with Gasteiger partial charge < -0.3 is 5.32 Å². The van der Waals surface area contributed by atoms with Crippen LogP contribution >= 0.6 is 0 Å². The molecule has 1 aliphatic heterocycles. The maximum absolute atomic E-state index is 12.4. The van der Waals surface area contributed by atoms with Crippen molar-refractivity contribution in [2.24, 2.45) is 7.05 Å². The fourth-order valence-corrected chi connectivity index (χ4v) is 3.46. The third-order valence-electron chi connectivity index (χ3n) is 3.62. The van der Waals surface area contributed by atoms with Crippen LogP contribution < -0.4 is 10.0 Å². The molecule has 0 aliphatic carbocycles. The Labute approximate surface area is 138 Å². The number of hydrogen-bond donors (Lipinski definition) is 2. The van der Waals surface area contributed by atoms with E-state index in [-0.39, 0.29) is 10.6 Å². The molecule has 124 valence electrons. The average molecular weight is 346 g/mol. The third-order valence-corrected chi connectivity index (χ3v) is 4.95. The highest BCUT2D eigenvalue weighted by Gasteiger charge is 2.31. The number of aromatic nitrogens is 3. The van der Waals surface area contributed by atoms with Gasteiger partial charge in [0.05, 0.1) is 5.69 Å². The number of aryl methyl sites for hydroxylation is 1. The van der Waals surface area contributed by atoms with Gasteiger partial charge in [0.2, 0.25) is 0 Å². The minimum Gasteiger partial charge on any atom is -0.302 e. The van der Waals surface area contributed by atoms with Crippen molar-refractivity contribution in [1.82, 2.24) is 24.8 Å². The zero-order valence-electron chi connectivity index (χ0n) is 12.7. The van der Waals surface area contributed by atoms with E-state index in [1.807, 2.05) is 4.72 Å². The van der Waals surface area contributed by atoms with Gasteiger partial charge in [-0.15, -0.1) is 0 Å². The number of nitrogens with zero attached hydrogens (tertiary/aromatic N) is 4. The maximum Gasteiger partial charge on any atom is 0.265 e. The Morgan fingerprint density at radius 3 is 2.96 bits per heavy atom. The molecule has 1 aliphatic rings. The molecule has 2 aromatic heterocycles. The van der Waals surface area contributed by atoms with Crippen LogP contribution in [0.2, 0.25) is 0 Å². The SMILES string of the molecule is Cn1cc2c(n1)CCNC2C(=O)NS(=O)(=O)c1ccc(C#N)nc1. The topological polar surface area (TPSA) is 130 Å². The maximum atomic E-state index is 12.4. The van der Waals surface area contributed by atoms with Gasteiger partial charge in [-0.05, 0) is 12.1 Å². The van der Waals surface area contributed by atoms with Crippen LogP contribution in [0.5, 0.6) is 0 Å². The molecule has 0 fully saturated rings. The number of pyridine rings is 1. The van der Waals surface area contributed by atoms with E-state index in [2.05, 4.69) is 15.4 Å². The fourth-order valence-electron chi connectivity index (χ4n) is 2.52. The van der Waals surface area contributed by atoms with Gasteiger partial charge in [-0.25, -0.2) is 18.1 Å². The summed E-state index contributed by atoms with van der Waals surface area (Å²) >= 11 is 0. The number of fused-ring (bicyclic) bond motifs is 1. The van der Waals surface area contributed by atoms with Gasteiger partial charge in [-0.1, -0.05) is 0 Å². The molecule has 3 heterocycles. The zero-order valence-corrected chi connectivity index (χ0v) is 13.5. The fraction of sp³-hybridized carbons (Fsp3) is 0.286. The van der Waals surface area contributed by atoms with Crippen molar-refractivity contribution in [2.75, 3.05) is 6.54 Å². The summed E-state index contributed by atoms with van der Waals surface area (Å²) in [5.41, 5.74) is 1.53. The third kappa shape index (κ3) is 2.99. The summed E-state index contributed by atoms with van der Waals surface area (Å²) in [5.74, 6) is -0.687. The molecule has 1 unspecified atom stereocenters. The van der Waals surface area contributed by atoms with Gasteiger partial charge in [-0.3, -0.25) is 9.48 Å². The number of amides is 1. The van der Waals surface area contributed by atoms with Crippen molar-refractivity contribution in [1.29, 1.82) is 5.26 Å². The average Bonchev–Trinajstić information content (AvgIpc) is 2.94. The molecular formula is C14H14N6O3S. The molecule has 24 heavy (non-hydrogen) atoms. The van der Waals surface area contributed by atoms with Crippen LogP contribution in [-0.4, -0.2) is 35.6 Å². The Morgan fingerprint density at radius 1 is 1.50 bits per heavy atom. The summed E-state index contributed by atoms with van der Waals surface area (Å²) in [5, 5.41) is 16.0. The molecule has 0 saturated carbocycles. The first-order valence-electron chi connectivity index (χ1n) is 7.09. The normalized spacial score (nSPS) is 16.9. The minimum atomic E-state index is -4.07. The van der Waals surface area contributed by atoms with Crippen LogP contribution in [0.15, 0.2) is 29.4 Å². The van der Waals surface area contributed by atoms with E-state index < -0.39 is 22.0 Å². The number of nitrogens with one attached hydrogen (secondary N) is 2. The van der Waals surface area contributed by atoms with Crippen molar-refractivity contribution in [2.45, 2.75) is 17.4 Å². The molecule has 1 atom stereocenters. The van der Waals surface area contributed by atoms with Crippen LogP contribution in [0.4, 0.5) is 0 Å². The van der Waals surface area contributed by atoms with Crippen molar-refractivity contribution in [3.63, 3.8) is 0 Å². The Morgan fingerprint density at radius 2 is 2.29 bits per heavy atom. The Balaban J connectivity index is 1.82. The van der Waals surface area contributed by atoms with Crippen molar-refractivity contribution in [3.05, 3.63) is 41.5 Å². The first kappa shape index (κ1) is 16.1. The summed E-state index contributed by atoms with van der Waals surface area (Å²) in [6.07, 6.45) is 3.41. The molecule has 0 bridgehead atoms. The van der Waals surface area contributed by atoms with Crippen LogP contribution in [0, 0.1) is 11.3 Å². The summed E-state index contributed by atoms with van der Waals surface area (Å²) in [7, 11) is -2.33. The van der Waals surface area contributed by atoms with Crippen LogP contribution in [0.3, 0.4) is 0 Å². The lowest BCUT2D eigenvalue weighted by molar-refractivity contribution is -0.121. The molecule has 1 amide bonds. The van der Waals surface area contributed by atoms with Gasteiger partial charge >= 0.3 is 0 Å². The van der Waals surface area contributed by atoms with Gasteiger partial charge in [0.15, 0.2) is 0 Å². The molecule has 0 radical (unpaired) electrons. The van der Waals surface area contributed by atoms with E-state index in [4.69, 9.17) is 5.26 Å². The lowest BCUT2D eigenvalue weighted by atomic mass is 10.0. The molecule has 10 heteroatoms. The largest absolute Gasteiger partial charge is 0.302 e. The summed E-state index contributed by atoms with van der Waals surface area (Å²) < 4.78 is 28.2. The monoisotopic (exact) mass is 346 g/mol. The predicted molar refractivity (Wildman–Crippen MR) is 81.9 cm³/mol. The van der Waals surface area contributed by atoms with Gasteiger partial charge in [0, 0.05) is 38.0 Å². The molecule has 2 N–H and O–H groups in total. The molecule has 0 spiro atoms. The summed E-state index contributed by atoms with van der Waals surface area (Å²) in [4.78, 5) is 15.9. The first-order chi connectivity index (χ1) is 11.4. The lowest BCUT2D eigenvalue weighted by Gasteiger charge is -2.22. The number of carbonyl (C=O) groups excluding carboxylic acids is 1. The zero-order chi connectivity index (χ0) is 17.3. The Bertz CT molecular complexity index is 926. The second-order valence-corrected chi connectivity index (χ2v) is 6.99. The Hall–Kier alpha value is -2.77. The van der Waals surface area contributed by atoms with Crippen molar-refractivity contribution >= 4 is 15.9 Å². The molecule has 0 saturated heterocycles. The summed E-state index contributed by atoms with van der Waals surface area (Å²) in [6.45, 7) is 0.528. The Kier molecular flexibility index (Phi) is 4.04. The van der Waals surface area contributed by atoms with Crippen molar-refractivity contribution < 1.29 is 13.2 Å². The quantitative estimate of drug-likeness (QED) is 0.757. The van der Waals surface area contributed by atoms with Gasteiger partial charge in [0.1, 0.15) is 22.7 Å². The molecular weight excluding hydrogens is 332 g/mol. The smallest absolute Gasteiger partial charge is 0.265 e. The number of rotatable bonds is 3.